The number of amides is 1. The fraction of sp³-hybridized carbons (Fsp3) is 0.450. The van der Waals surface area contributed by atoms with E-state index in [1.807, 2.05) is 35.2 Å². The van der Waals surface area contributed by atoms with Crippen LogP contribution in [0.15, 0.2) is 48.9 Å². The molecule has 2 heterocycles. The van der Waals surface area contributed by atoms with E-state index in [0.717, 1.165) is 37.5 Å². The highest BCUT2D eigenvalue weighted by atomic mass is 16.5. The molecule has 3 atom stereocenters. The molecule has 1 amide bonds. The number of benzene rings is 1. The minimum Gasteiger partial charge on any atom is -0.493 e. The summed E-state index contributed by atoms with van der Waals surface area (Å²) in [6.45, 7) is 2.12. The SMILES string of the molecule is O=C(CCOc1ccccc1)N1C[C@H]2CC[C@@H](Nc3cnccn3)[C@H]2C1. The highest BCUT2D eigenvalue weighted by Gasteiger charge is 2.43. The molecule has 0 bridgehead atoms. The molecule has 2 fully saturated rings. The summed E-state index contributed by atoms with van der Waals surface area (Å²) < 4.78 is 5.66. The summed E-state index contributed by atoms with van der Waals surface area (Å²) in [7, 11) is 0. The van der Waals surface area contributed by atoms with Gasteiger partial charge in [-0.2, -0.15) is 0 Å². The minimum absolute atomic E-state index is 0.189. The van der Waals surface area contributed by atoms with Gasteiger partial charge in [-0.1, -0.05) is 18.2 Å². The second kappa shape index (κ2) is 7.72. The third-order valence-electron chi connectivity index (χ3n) is 5.43. The van der Waals surface area contributed by atoms with Crippen molar-refractivity contribution >= 4 is 11.7 Å². The van der Waals surface area contributed by atoms with Crippen LogP contribution in [0.1, 0.15) is 19.3 Å². The minimum atomic E-state index is 0.189. The molecular weight excluding hydrogens is 328 g/mol. The summed E-state index contributed by atoms with van der Waals surface area (Å²) in [6, 6.07) is 10.0. The number of hydrogen-bond acceptors (Lipinski definition) is 5. The Balaban J connectivity index is 1.27. The maximum atomic E-state index is 12.5. The Morgan fingerprint density at radius 1 is 1.19 bits per heavy atom. The van der Waals surface area contributed by atoms with Crippen LogP contribution in [0.3, 0.4) is 0 Å². The molecule has 2 aliphatic rings. The van der Waals surface area contributed by atoms with E-state index >= 15 is 0 Å². The van der Waals surface area contributed by atoms with Gasteiger partial charge in [0.15, 0.2) is 0 Å². The van der Waals surface area contributed by atoms with E-state index in [4.69, 9.17) is 4.74 Å². The molecule has 1 aromatic heterocycles. The summed E-state index contributed by atoms with van der Waals surface area (Å²) in [5, 5.41) is 3.50. The Morgan fingerprint density at radius 3 is 2.88 bits per heavy atom. The topological polar surface area (TPSA) is 67.3 Å². The van der Waals surface area contributed by atoms with E-state index in [2.05, 4.69) is 15.3 Å². The van der Waals surface area contributed by atoms with Crippen LogP contribution in [0.5, 0.6) is 5.75 Å². The summed E-state index contributed by atoms with van der Waals surface area (Å²) >= 11 is 0. The average Bonchev–Trinajstić information content (AvgIpc) is 3.26. The van der Waals surface area contributed by atoms with E-state index in [9.17, 15) is 4.79 Å². The Morgan fingerprint density at radius 2 is 2.08 bits per heavy atom. The van der Waals surface area contributed by atoms with E-state index < -0.39 is 0 Å². The number of fused-ring (bicyclic) bond motifs is 1. The van der Waals surface area contributed by atoms with Crippen LogP contribution in [0.2, 0.25) is 0 Å². The van der Waals surface area contributed by atoms with Crippen molar-refractivity contribution in [2.45, 2.75) is 25.3 Å². The number of carbonyl (C=O) groups excluding carboxylic acids is 1. The molecule has 1 N–H and O–H groups in total. The lowest BCUT2D eigenvalue weighted by atomic mass is 9.98. The number of ether oxygens (including phenoxy) is 1. The standard InChI is InChI=1S/C20H24N4O2/c25-20(8-11-26-16-4-2-1-3-5-16)24-13-15-6-7-18(17(15)14-24)23-19-12-21-9-10-22-19/h1-5,9-10,12,15,17-18H,6-8,11,13-14H2,(H,22,23)/t15-,17+,18-/m1/s1. The fourth-order valence-electron chi connectivity index (χ4n) is 4.14. The second-order valence-electron chi connectivity index (χ2n) is 7.05. The number of carbonyl (C=O) groups is 1. The van der Waals surface area contributed by atoms with Crippen molar-refractivity contribution in [2.24, 2.45) is 11.8 Å². The van der Waals surface area contributed by atoms with Crippen molar-refractivity contribution in [2.75, 3.05) is 25.0 Å². The normalized spacial score (nSPS) is 24.3. The predicted octanol–water partition coefficient (Wildman–Crippen LogP) is 2.59. The van der Waals surface area contributed by atoms with Gasteiger partial charge < -0.3 is 15.0 Å². The molecule has 26 heavy (non-hydrogen) atoms. The molecule has 0 spiro atoms. The molecule has 6 nitrogen and oxygen atoms in total. The molecule has 1 aliphatic carbocycles. The second-order valence-corrected chi connectivity index (χ2v) is 7.05. The molecule has 136 valence electrons. The highest BCUT2D eigenvalue weighted by molar-refractivity contribution is 5.76. The molecule has 0 unspecified atom stereocenters. The zero-order valence-electron chi connectivity index (χ0n) is 14.8. The first kappa shape index (κ1) is 16.8. The van der Waals surface area contributed by atoms with Crippen molar-refractivity contribution in [3.8, 4) is 5.75 Å². The fourth-order valence-corrected chi connectivity index (χ4v) is 4.14. The van der Waals surface area contributed by atoms with Crippen molar-refractivity contribution in [3.05, 3.63) is 48.9 Å². The van der Waals surface area contributed by atoms with Gasteiger partial charge in [0.05, 0.1) is 19.2 Å². The molecule has 1 saturated heterocycles. The summed E-state index contributed by atoms with van der Waals surface area (Å²) in [6.07, 6.45) is 7.85. The van der Waals surface area contributed by atoms with E-state index in [-0.39, 0.29) is 5.91 Å². The number of nitrogens with zero attached hydrogens (tertiary/aromatic N) is 3. The van der Waals surface area contributed by atoms with Gasteiger partial charge in [-0.3, -0.25) is 9.78 Å². The smallest absolute Gasteiger partial charge is 0.226 e. The van der Waals surface area contributed by atoms with E-state index in [0.29, 0.717) is 30.9 Å². The van der Waals surface area contributed by atoms with Gasteiger partial charge in [0.2, 0.25) is 5.91 Å². The van der Waals surface area contributed by atoms with Crippen LogP contribution in [0, 0.1) is 11.8 Å². The van der Waals surface area contributed by atoms with Gasteiger partial charge >= 0.3 is 0 Å². The monoisotopic (exact) mass is 352 g/mol. The van der Waals surface area contributed by atoms with Gasteiger partial charge in [0, 0.05) is 37.4 Å². The zero-order chi connectivity index (χ0) is 17.8. The van der Waals surface area contributed by atoms with E-state index in [1.165, 1.54) is 0 Å². The van der Waals surface area contributed by atoms with Crippen molar-refractivity contribution in [3.63, 3.8) is 0 Å². The van der Waals surface area contributed by atoms with Gasteiger partial charge in [-0.05, 0) is 30.9 Å². The predicted molar refractivity (Wildman–Crippen MR) is 98.8 cm³/mol. The highest BCUT2D eigenvalue weighted by Crippen LogP contribution is 2.39. The molecule has 1 saturated carbocycles. The largest absolute Gasteiger partial charge is 0.493 e. The van der Waals surface area contributed by atoms with Gasteiger partial charge in [-0.25, -0.2) is 4.98 Å². The number of anilines is 1. The first-order chi connectivity index (χ1) is 12.8. The summed E-state index contributed by atoms with van der Waals surface area (Å²) in [5.74, 6) is 2.90. The number of likely N-dealkylation sites (tertiary alicyclic amines) is 1. The lowest BCUT2D eigenvalue weighted by Gasteiger charge is -2.22. The lowest BCUT2D eigenvalue weighted by molar-refractivity contribution is -0.131. The van der Waals surface area contributed by atoms with Crippen molar-refractivity contribution in [1.82, 2.24) is 14.9 Å². The maximum absolute atomic E-state index is 12.5. The van der Waals surface area contributed by atoms with Crippen molar-refractivity contribution < 1.29 is 9.53 Å². The zero-order valence-corrected chi connectivity index (χ0v) is 14.8. The van der Waals surface area contributed by atoms with Gasteiger partial charge in [-0.15, -0.1) is 0 Å². The summed E-state index contributed by atoms with van der Waals surface area (Å²) in [5.41, 5.74) is 0. The van der Waals surface area contributed by atoms with Crippen LogP contribution >= 0.6 is 0 Å². The quantitative estimate of drug-likeness (QED) is 0.865. The molecule has 4 rings (SSSR count). The molecule has 1 aliphatic heterocycles. The van der Waals surface area contributed by atoms with Crippen LogP contribution in [0.4, 0.5) is 5.82 Å². The first-order valence-electron chi connectivity index (χ1n) is 9.28. The number of hydrogen-bond donors (Lipinski definition) is 1. The van der Waals surface area contributed by atoms with Crippen LogP contribution in [-0.2, 0) is 4.79 Å². The van der Waals surface area contributed by atoms with Crippen LogP contribution < -0.4 is 10.1 Å². The molecule has 1 aromatic carbocycles. The summed E-state index contributed by atoms with van der Waals surface area (Å²) in [4.78, 5) is 23.0. The Hall–Kier alpha value is -2.63. The number of nitrogens with one attached hydrogen (secondary N) is 1. The van der Waals surface area contributed by atoms with Gasteiger partial charge in [0.1, 0.15) is 11.6 Å². The van der Waals surface area contributed by atoms with Gasteiger partial charge in [0.25, 0.3) is 0 Å². The molecular formula is C20H24N4O2. The third-order valence-corrected chi connectivity index (χ3v) is 5.43. The van der Waals surface area contributed by atoms with Crippen LogP contribution in [0.25, 0.3) is 0 Å². The Bertz CT molecular complexity index is 725. The van der Waals surface area contributed by atoms with Crippen LogP contribution in [-0.4, -0.2) is 46.5 Å². The Kier molecular flexibility index (Phi) is 5.00. The Labute approximate surface area is 153 Å². The first-order valence-corrected chi connectivity index (χ1v) is 9.28. The third kappa shape index (κ3) is 3.79. The van der Waals surface area contributed by atoms with Crippen molar-refractivity contribution in [1.29, 1.82) is 0 Å². The molecule has 0 radical (unpaired) electrons. The number of aromatic nitrogens is 2. The molecule has 2 aromatic rings. The number of rotatable bonds is 6. The number of para-hydroxylation sites is 1. The average molecular weight is 352 g/mol. The van der Waals surface area contributed by atoms with E-state index in [1.54, 1.807) is 18.6 Å². The lowest BCUT2D eigenvalue weighted by Crippen LogP contribution is -2.33. The maximum Gasteiger partial charge on any atom is 0.226 e. The molecule has 6 heteroatoms.